The predicted octanol–water partition coefficient (Wildman–Crippen LogP) is 6.01. The molecule has 0 atom stereocenters. The van der Waals surface area contributed by atoms with Crippen LogP contribution in [-0.2, 0) is 0 Å². The van der Waals surface area contributed by atoms with Gasteiger partial charge in [0.25, 0.3) is 0 Å². The summed E-state index contributed by atoms with van der Waals surface area (Å²) >= 11 is 19.0. The van der Waals surface area contributed by atoms with Crippen LogP contribution in [0.3, 0.4) is 0 Å². The molecule has 1 aromatic rings. The molecule has 0 heterocycles. The molecule has 0 saturated heterocycles. The molecule has 6 heteroatoms. The van der Waals surface area contributed by atoms with E-state index in [9.17, 15) is 0 Å². The number of rotatable bonds is 9. The molecule has 0 aliphatic carbocycles. The van der Waals surface area contributed by atoms with E-state index in [0.29, 0.717) is 37.1 Å². The largest absolute Gasteiger partial charge is 0.490 e. The Labute approximate surface area is 141 Å². The summed E-state index contributed by atoms with van der Waals surface area (Å²) in [6, 6.07) is 0. The molecule has 0 saturated carbocycles. The maximum Gasteiger partial charge on any atom is 0.164 e. The average Bonchev–Trinajstić information content (AvgIpc) is 2.47. The first-order chi connectivity index (χ1) is 10.1. The smallest absolute Gasteiger partial charge is 0.164 e. The topological polar surface area (TPSA) is 27.7 Å². The number of ether oxygens (including phenoxy) is 3. The van der Waals surface area contributed by atoms with Crippen molar-refractivity contribution >= 4 is 34.8 Å². The Morgan fingerprint density at radius 3 is 1.00 bits per heavy atom. The summed E-state index contributed by atoms with van der Waals surface area (Å²) in [4.78, 5) is 0. The van der Waals surface area contributed by atoms with E-state index < -0.39 is 0 Å². The van der Waals surface area contributed by atoms with Crippen LogP contribution in [0.15, 0.2) is 0 Å². The molecule has 3 nitrogen and oxygen atoms in total. The molecule has 0 radical (unpaired) electrons. The summed E-state index contributed by atoms with van der Waals surface area (Å²) in [7, 11) is 0. The SMILES string of the molecule is CCCOc1c(Cl)c(OCCC)c(Cl)c(OCCC)c1Cl. The lowest BCUT2D eigenvalue weighted by Crippen LogP contribution is -2.04. The highest BCUT2D eigenvalue weighted by atomic mass is 35.5. The van der Waals surface area contributed by atoms with Crippen LogP contribution in [0.1, 0.15) is 40.0 Å². The fourth-order valence-electron chi connectivity index (χ4n) is 1.59. The van der Waals surface area contributed by atoms with Gasteiger partial charge >= 0.3 is 0 Å². The fraction of sp³-hybridized carbons (Fsp3) is 0.600. The van der Waals surface area contributed by atoms with Gasteiger partial charge in [-0.1, -0.05) is 55.6 Å². The van der Waals surface area contributed by atoms with E-state index in [4.69, 9.17) is 49.0 Å². The van der Waals surface area contributed by atoms with Gasteiger partial charge in [-0.25, -0.2) is 0 Å². The summed E-state index contributed by atoms with van der Waals surface area (Å²) in [5.74, 6) is 1.09. The van der Waals surface area contributed by atoms with Crippen molar-refractivity contribution < 1.29 is 14.2 Å². The highest BCUT2D eigenvalue weighted by molar-refractivity contribution is 6.43. The standard InChI is InChI=1S/C15H21Cl3O3/c1-4-7-19-13-10(16)14(20-8-5-2)12(18)15(11(13)17)21-9-6-3/h4-9H2,1-3H3. The molecule has 1 aromatic carbocycles. The van der Waals surface area contributed by atoms with Gasteiger partial charge in [-0.2, -0.15) is 0 Å². The molecule has 0 aromatic heterocycles. The van der Waals surface area contributed by atoms with Gasteiger partial charge < -0.3 is 14.2 Å². The number of benzene rings is 1. The van der Waals surface area contributed by atoms with E-state index >= 15 is 0 Å². The molecule has 0 spiro atoms. The number of hydrogen-bond acceptors (Lipinski definition) is 3. The van der Waals surface area contributed by atoms with E-state index in [1.54, 1.807) is 0 Å². The summed E-state index contributed by atoms with van der Waals surface area (Å²) in [5.41, 5.74) is 0. The maximum atomic E-state index is 6.32. The Bertz CT molecular complexity index is 376. The zero-order valence-corrected chi connectivity index (χ0v) is 14.9. The molecule has 120 valence electrons. The summed E-state index contributed by atoms with van der Waals surface area (Å²) < 4.78 is 16.9. The van der Waals surface area contributed by atoms with E-state index in [0.717, 1.165) is 19.3 Å². The van der Waals surface area contributed by atoms with Crippen molar-refractivity contribution in [1.82, 2.24) is 0 Å². The number of halogens is 3. The van der Waals surface area contributed by atoms with E-state index in [-0.39, 0.29) is 15.1 Å². The summed E-state index contributed by atoms with van der Waals surface area (Å²) in [6.45, 7) is 7.51. The van der Waals surface area contributed by atoms with Crippen LogP contribution in [0.5, 0.6) is 17.2 Å². The Morgan fingerprint density at radius 1 is 0.571 bits per heavy atom. The minimum atomic E-state index is 0.288. The van der Waals surface area contributed by atoms with E-state index in [1.807, 2.05) is 20.8 Å². The summed E-state index contributed by atoms with van der Waals surface area (Å²) in [6.07, 6.45) is 2.52. The van der Waals surface area contributed by atoms with Crippen LogP contribution in [0, 0.1) is 0 Å². The van der Waals surface area contributed by atoms with E-state index in [1.165, 1.54) is 0 Å². The minimum Gasteiger partial charge on any atom is -0.490 e. The van der Waals surface area contributed by atoms with Crippen LogP contribution in [-0.4, -0.2) is 19.8 Å². The van der Waals surface area contributed by atoms with Gasteiger partial charge in [-0.05, 0) is 19.3 Å². The van der Waals surface area contributed by atoms with Gasteiger partial charge in [-0.15, -0.1) is 0 Å². The molecule has 0 unspecified atom stereocenters. The molecule has 0 aliphatic rings. The van der Waals surface area contributed by atoms with Crippen LogP contribution < -0.4 is 14.2 Å². The summed E-state index contributed by atoms with van der Waals surface area (Å²) in [5, 5.41) is 0.863. The van der Waals surface area contributed by atoms with Crippen LogP contribution >= 0.6 is 34.8 Å². The fourth-order valence-corrected chi connectivity index (χ4v) is 2.63. The van der Waals surface area contributed by atoms with Gasteiger partial charge in [-0.3, -0.25) is 0 Å². The first-order valence-corrected chi connectivity index (χ1v) is 8.30. The van der Waals surface area contributed by atoms with Crippen LogP contribution in [0.4, 0.5) is 0 Å². The third-order valence-corrected chi connectivity index (χ3v) is 3.58. The predicted molar refractivity (Wildman–Crippen MR) is 88.8 cm³/mol. The highest BCUT2D eigenvalue weighted by Crippen LogP contribution is 2.52. The molecule has 0 fully saturated rings. The van der Waals surface area contributed by atoms with Crippen molar-refractivity contribution in [3.63, 3.8) is 0 Å². The second-order valence-electron chi connectivity index (χ2n) is 4.47. The first-order valence-electron chi connectivity index (χ1n) is 7.17. The van der Waals surface area contributed by atoms with E-state index in [2.05, 4.69) is 0 Å². The van der Waals surface area contributed by atoms with Crippen LogP contribution in [0.25, 0.3) is 0 Å². The Morgan fingerprint density at radius 2 is 0.810 bits per heavy atom. The lowest BCUT2D eigenvalue weighted by Gasteiger charge is -2.19. The van der Waals surface area contributed by atoms with Crippen molar-refractivity contribution in [2.45, 2.75) is 40.0 Å². The second-order valence-corrected chi connectivity index (χ2v) is 5.61. The minimum absolute atomic E-state index is 0.288. The van der Waals surface area contributed by atoms with Crippen molar-refractivity contribution in [3.05, 3.63) is 15.1 Å². The van der Waals surface area contributed by atoms with Gasteiger partial charge in [0.05, 0.1) is 19.8 Å². The third kappa shape index (κ3) is 4.73. The molecular formula is C15H21Cl3O3. The van der Waals surface area contributed by atoms with Crippen molar-refractivity contribution in [2.75, 3.05) is 19.8 Å². The maximum absolute atomic E-state index is 6.32. The van der Waals surface area contributed by atoms with Gasteiger partial charge in [0, 0.05) is 0 Å². The lowest BCUT2D eigenvalue weighted by molar-refractivity contribution is 0.287. The quantitative estimate of drug-likeness (QED) is 0.542. The molecule has 0 bridgehead atoms. The molecule has 21 heavy (non-hydrogen) atoms. The normalized spacial score (nSPS) is 10.6. The third-order valence-electron chi connectivity index (χ3n) is 2.55. The molecule has 0 N–H and O–H groups in total. The molecular weight excluding hydrogens is 335 g/mol. The van der Waals surface area contributed by atoms with Crippen LogP contribution in [0.2, 0.25) is 15.1 Å². The van der Waals surface area contributed by atoms with Crippen molar-refractivity contribution in [2.24, 2.45) is 0 Å². The zero-order valence-electron chi connectivity index (χ0n) is 12.6. The monoisotopic (exact) mass is 354 g/mol. The Kier molecular flexibility index (Phi) is 8.38. The zero-order chi connectivity index (χ0) is 15.8. The van der Waals surface area contributed by atoms with Crippen molar-refractivity contribution in [3.8, 4) is 17.2 Å². The van der Waals surface area contributed by atoms with Crippen molar-refractivity contribution in [1.29, 1.82) is 0 Å². The molecule has 1 rings (SSSR count). The number of hydrogen-bond donors (Lipinski definition) is 0. The van der Waals surface area contributed by atoms with Gasteiger partial charge in [0.2, 0.25) is 0 Å². The van der Waals surface area contributed by atoms with Gasteiger partial charge in [0.1, 0.15) is 15.1 Å². The molecule has 0 aliphatic heterocycles. The Balaban J connectivity index is 3.27. The average molecular weight is 356 g/mol. The lowest BCUT2D eigenvalue weighted by atomic mass is 10.2. The second kappa shape index (κ2) is 9.50. The first kappa shape index (κ1) is 18.5. The Hall–Kier alpha value is -0.510. The highest BCUT2D eigenvalue weighted by Gasteiger charge is 2.24. The van der Waals surface area contributed by atoms with Gasteiger partial charge in [0.15, 0.2) is 17.2 Å². The molecule has 0 amide bonds.